The molecule has 1 aliphatic carbocycles. The molecule has 110 valence electrons. The van der Waals surface area contributed by atoms with Gasteiger partial charge in [-0.25, -0.2) is 4.79 Å². The Bertz CT molecular complexity index is 329. The summed E-state index contributed by atoms with van der Waals surface area (Å²) in [6.45, 7) is 5.95. The summed E-state index contributed by atoms with van der Waals surface area (Å²) in [5.41, 5.74) is 0. The molecule has 1 fully saturated rings. The lowest BCUT2D eigenvalue weighted by Crippen LogP contribution is -2.49. The molecule has 0 saturated heterocycles. The Morgan fingerprint density at radius 2 is 1.89 bits per heavy atom. The highest BCUT2D eigenvalue weighted by Gasteiger charge is 2.29. The van der Waals surface area contributed by atoms with Crippen molar-refractivity contribution < 1.29 is 14.7 Å². The quantitative estimate of drug-likeness (QED) is 0.724. The van der Waals surface area contributed by atoms with Gasteiger partial charge < -0.3 is 15.3 Å². The average Bonchev–Trinajstić information content (AvgIpc) is 3.15. The summed E-state index contributed by atoms with van der Waals surface area (Å²) in [5.74, 6) is -0.994. The number of urea groups is 1. The Hall–Kier alpha value is -1.30. The van der Waals surface area contributed by atoms with E-state index in [-0.39, 0.29) is 24.7 Å². The van der Waals surface area contributed by atoms with E-state index in [2.05, 4.69) is 24.2 Å². The van der Waals surface area contributed by atoms with Crippen LogP contribution in [0.3, 0.4) is 0 Å². The Morgan fingerprint density at radius 3 is 2.32 bits per heavy atom. The van der Waals surface area contributed by atoms with Crippen LogP contribution in [-0.4, -0.2) is 65.2 Å². The number of likely N-dealkylation sites (N-methyl/N-ethyl adjacent to an activating group) is 1. The highest BCUT2D eigenvalue weighted by molar-refractivity contribution is 5.80. The maximum Gasteiger partial charge on any atom is 0.323 e. The SMILES string of the molecule is CC(C)N(CC(=O)O)C(=O)NCC(C)N(C)C1CC1. The van der Waals surface area contributed by atoms with Gasteiger partial charge in [0.1, 0.15) is 6.54 Å². The van der Waals surface area contributed by atoms with Crippen molar-refractivity contribution in [1.29, 1.82) is 0 Å². The Labute approximate surface area is 114 Å². The van der Waals surface area contributed by atoms with Crippen LogP contribution in [0.25, 0.3) is 0 Å². The van der Waals surface area contributed by atoms with Gasteiger partial charge in [0, 0.05) is 24.7 Å². The van der Waals surface area contributed by atoms with Gasteiger partial charge in [-0.3, -0.25) is 9.69 Å². The van der Waals surface area contributed by atoms with Gasteiger partial charge in [-0.1, -0.05) is 0 Å². The summed E-state index contributed by atoms with van der Waals surface area (Å²) in [7, 11) is 2.06. The lowest BCUT2D eigenvalue weighted by Gasteiger charge is -2.28. The number of rotatable bonds is 7. The molecule has 1 unspecified atom stereocenters. The number of nitrogens with one attached hydrogen (secondary N) is 1. The van der Waals surface area contributed by atoms with Crippen molar-refractivity contribution in [3.05, 3.63) is 0 Å². The number of hydrogen-bond donors (Lipinski definition) is 2. The van der Waals surface area contributed by atoms with Crippen molar-refractivity contribution in [2.75, 3.05) is 20.1 Å². The third-order valence-electron chi connectivity index (χ3n) is 3.56. The molecule has 6 nitrogen and oxygen atoms in total. The number of hydrogen-bond acceptors (Lipinski definition) is 3. The topological polar surface area (TPSA) is 72.9 Å². The molecule has 1 aliphatic rings. The van der Waals surface area contributed by atoms with Crippen LogP contribution < -0.4 is 5.32 Å². The van der Waals surface area contributed by atoms with Crippen molar-refractivity contribution in [1.82, 2.24) is 15.1 Å². The average molecular weight is 271 g/mol. The van der Waals surface area contributed by atoms with E-state index >= 15 is 0 Å². The lowest BCUT2D eigenvalue weighted by molar-refractivity contribution is -0.138. The largest absolute Gasteiger partial charge is 0.480 e. The molecule has 6 heteroatoms. The summed E-state index contributed by atoms with van der Waals surface area (Å²) in [4.78, 5) is 26.3. The van der Waals surface area contributed by atoms with E-state index in [1.807, 2.05) is 13.8 Å². The fraction of sp³-hybridized carbons (Fsp3) is 0.846. The Kier molecular flexibility index (Phi) is 5.60. The first-order chi connectivity index (χ1) is 8.82. The van der Waals surface area contributed by atoms with E-state index in [0.29, 0.717) is 12.6 Å². The van der Waals surface area contributed by atoms with Gasteiger partial charge in [0.2, 0.25) is 0 Å². The maximum atomic E-state index is 12.0. The van der Waals surface area contributed by atoms with Gasteiger partial charge in [-0.2, -0.15) is 0 Å². The Morgan fingerprint density at radius 1 is 1.32 bits per heavy atom. The zero-order chi connectivity index (χ0) is 14.6. The molecule has 1 rings (SSSR count). The zero-order valence-corrected chi connectivity index (χ0v) is 12.2. The summed E-state index contributed by atoms with van der Waals surface area (Å²) < 4.78 is 0. The summed E-state index contributed by atoms with van der Waals surface area (Å²) in [6.07, 6.45) is 2.46. The third kappa shape index (κ3) is 5.06. The monoisotopic (exact) mass is 271 g/mol. The van der Waals surface area contributed by atoms with Crippen LogP contribution >= 0.6 is 0 Å². The minimum absolute atomic E-state index is 0.132. The van der Waals surface area contributed by atoms with E-state index in [4.69, 9.17) is 5.11 Å². The normalized spacial score (nSPS) is 16.5. The standard InChI is InChI=1S/C13H25N3O3/c1-9(2)16(8-12(17)18)13(19)14-7-10(3)15(4)11-5-6-11/h9-11H,5-8H2,1-4H3,(H,14,19)(H,17,18). The van der Waals surface area contributed by atoms with E-state index < -0.39 is 5.97 Å². The van der Waals surface area contributed by atoms with Crippen molar-refractivity contribution >= 4 is 12.0 Å². The number of carbonyl (C=O) groups is 2. The van der Waals surface area contributed by atoms with Crippen LogP contribution in [0.15, 0.2) is 0 Å². The fourth-order valence-electron chi connectivity index (χ4n) is 1.96. The molecule has 2 N–H and O–H groups in total. The van der Waals surface area contributed by atoms with Gasteiger partial charge in [-0.05, 0) is 40.7 Å². The second-order valence-corrected chi connectivity index (χ2v) is 5.55. The number of carboxylic acids is 1. The fourth-order valence-corrected chi connectivity index (χ4v) is 1.96. The van der Waals surface area contributed by atoms with Gasteiger partial charge in [0.15, 0.2) is 0 Å². The molecule has 19 heavy (non-hydrogen) atoms. The van der Waals surface area contributed by atoms with Crippen LogP contribution in [0.2, 0.25) is 0 Å². The minimum atomic E-state index is -0.994. The summed E-state index contributed by atoms with van der Waals surface area (Å²) in [5, 5.41) is 11.6. The highest BCUT2D eigenvalue weighted by Crippen LogP contribution is 2.26. The van der Waals surface area contributed by atoms with Gasteiger partial charge in [0.25, 0.3) is 0 Å². The molecule has 0 aliphatic heterocycles. The summed E-state index contributed by atoms with van der Waals surface area (Å²) in [6, 6.07) is 0.462. The lowest BCUT2D eigenvalue weighted by atomic mass is 10.3. The molecule has 0 aromatic rings. The molecule has 0 aromatic carbocycles. The molecule has 0 aromatic heterocycles. The number of amides is 2. The van der Waals surface area contributed by atoms with Gasteiger partial charge in [-0.15, -0.1) is 0 Å². The highest BCUT2D eigenvalue weighted by atomic mass is 16.4. The van der Waals surface area contributed by atoms with Crippen molar-refractivity contribution in [2.45, 2.75) is 51.7 Å². The smallest absolute Gasteiger partial charge is 0.323 e. The second-order valence-electron chi connectivity index (χ2n) is 5.55. The molecule has 1 atom stereocenters. The number of nitrogens with zero attached hydrogens (tertiary/aromatic N) is 2. The number of aliphatic carboxylic acids is 1. The van der Waals surface area contributed by atoms with Crippen LogP contribution in [0, 0.1) is 0 Å². The molecule has 0 heterocycles. The molecular weight excluding hydrogens is 246 g/mol. The van der Waals surface area contributed by atoms with Gasteiger partial charge >= 0.3 is 12.0 Å². The van der Waals surface area contributed by atoms with Crippen LogP contribution in [-0.2, 0) is 4.79 Å². The van der Waals surface area contributed by atoms with E-state index in [1.54, 1.807) is 0 Å². The molecule has 0 radical (unpaired) electrons. The summed E-state index contributed by atoms with van der Waals surface area (Å²) >= 11 is 0. The second kappa shape index (κ2) is 6.75. The van der Waals surface area contributed by atoms with Gasteiger partial charge in [0.05, 0.1) is 0 Å². The van der Waals surface area contributed by atoms with Crippen molar-refractivity contribution in [2.24, 2.45) is 0 Å². The first-order valence-corrected chi connectivity index (χ1v) is 6.81. The van der Waals surface area contributed by atoms with E-state index in [9.17, 15) is 9.59 Å². The van der Waals surface area contributed by atoms with Crippen LogP contribution in [0.5, 0.6) is 0 Å². The third-order valence-corrected chi connectivity index (χ3v) is 3.56. The molecular formula is C13H25N3O3. The zero-order valence-electron chi connectivity index (χ0n) is 12.2. The van der Waals surface area contributed by atoms with Crippen molar-refractivity contribution in [3.63, 3.8) is 0 Å². The first-order valence-electron chi connectivity index (χ1n) is 6.81. The predicted molar refractivity (Wildman–Crippen MR) is 73.1 cm³/mol. The predicted octanol–water partition coefficient (Wildman–Crippen LogP) is 0.974. The Balaban J connectivity index is 2.40. The first kappa shape index (κ1) is 15.8. The molecule has 1 saturated carbocycles. The van der Waals surface area contributed by atoms with E-state index in [0.717, 1.165) is 0 Å². The number of carboxylic acid groups (broad SMARTS) is 1. The molecule has 2 amide bonds. The number of carbonyl (C=O) groups excluding carboxylic acids is 1. The van der Waals surface area contributed by atoms with Crippen LogP contribution in [0.1, 0.15) is 33.6 Å². The molecule has 0 bridgehead atoms. The van der Waals surface area contributed by atoms with Crippen molar-refractivity contribution in [3.8, 4) is 0 Å². The minimum Gasteiger partial charge on any atom is -0.480 e. The maximum absolute atomic E-state index is 12.0. The molecule has 0 spiro atoms. The van der Waals surface area contributed by atoms with Crippen LogP contribution in [0.4, 0.5) is 4.79 Å². The van der Waals surface area contributed by atoms with E-state index in [1.165, 1.54) is 17.7 Å².